The Kier molecular flexibility index (Phi) is 7.70. The van der Waals surface area contributed by atoms with Crippen molar-refractivity contribution in [2.24, 2.45) is 0 Å². The third-order valence-electron chi connectivity index (χ3n) is 6.81. The highest BCUT2D eigenvalue weighted by Crippen LogP contribution is 2.32. The molecule has 3 aliphatic rings. The summed E-state index contributed by atoms with van der Waals surface area (Å²) in [5, 5.41) is 5.25. The van der Waals surface area contributed by atoms with Crippen LogP contribution in [0, 0.1) is 0 Å². The molecular weight excluding hydrogens is 449 g/mol. The quantitative estimate of drug-likeness (QED) is 0.503. The molecule has 33 heavy (non-hydrogen) atoms. The standard InChI is InChI=1S/C23H31ClFN5O3/c24-12-11-19-22(32)28(18-9-5-2-6-10-18)14-20-29(19)21(31)15-27(16-25)30(20)23(33)26-13-17-7-3-1-4-8-17/h1,3-4,7-8,18-20H,2,5-6,9-16H2,(H,26,33)/t19-,20-/m0/s1. The van der Waals surface area contributed by atoms with E-state index in [1.807, 2.05) is 35.2 Å². The minimum absolute atomic E-state index is 0.0660. The number of urea groups is 1. The van der Waals surface area contributed by atoms with Crippen molar-refractivity contribution in [2.45, 2.75) is 63.3 Å². The van der Waals surface area contributed by atoms with Gasteiger partial charge in [-0.1, -0.05) is 49.6 Å². The zero-order valence-corrected chi connectivity index (χ0v) is 19.4. The zero-order chi connectivity index (χ0) is 23.4. The van der Waals surface area contributed by atoms with Gasteiger partial charge >= 0.3 is 6.03 Å². The third kappa shape index (κ3) is 4.94. The Bertz CT molecular complexity index is 854. The van der Waals surface area contributed by atoms with Crippen molar-refractivity contribution in [1.29, 1.82) is 0 Å². The molecule has 2 heterocycles. The number of piperazine rings is 1. The lowest BCUT2D eigenvalue weighted by atomic mass is 9.92. The lowest BCUT2D eigenvalue weighted by molar-refractivity contribution is -0.197. The van der Waals surface area contributed by atoms with E-state index in [2.05, 4.69) is 5.32 Å². The Morgan fingerprint density at radius 3 is 2.52 bits per heavy atom. The van der Waals surface area contributed by atoms with E-state index in [-0.39, 0.29) is 43.4 Å². The molecule has 2 saturated heterocycles. The van der Waals surface area contributed by atoms with Gasteiger partial charge in [0.25, 0.3) is 0 Å². The summed E-state index contributed by atoms with van der Waals surface area (Å²) < 4.78 is 14.0. The number of benzene rings is 1. The van der Waals surface area contributed by atoms with Crippen molar-refractivity contribution in [1.82, 2.24) is 25.1 Å². The van der Waals surface area contributed by atoms with Gasteiger partial charge in [0, 0.05) is 18.5 Å². The van der Waals surface area contributed by atoms with Gasteiger partial charge in [0.05, 0.1) is 6.54 Å². The molecule has 4 rings (SSSR count). The summed E-state index contributed by atoms with van der Waals surface area (Å²) >= 11 is 6.01. The van der Waals surface area contributed by atoms with Crippen molar-refractivity contribution in [3.05, 3.63) is 35.9 Å². The first-order valence-corrected chi connectivity index (χ1v) is 12.2. The van der Waals surface area contributed by atoms with Crippen LogP contribution in [0.25, 0.3) is 0 Å². The van der Waals surface area contributed by atoms with E-state index in [4.69, 9.17) is 11.6 Å². The summed E-state index contributed by atoms with van der Waals surface area (Å²) in [5.74, 6) is -0.277. The van der Waals surface area contributed by atoms with Crippen LogP contribution >= 0.6 is 11.6 Å². The second kappa shape index (κ2) is 10.7. The maximum atomic E-state index is 14.0. The topological polar surface area (TPSA) is 76.2 Å². The number of hydrogen-bond donors (Lipinski definition) is 1. The van der Waals surface area contributed by atoms with E-state index < -0.39 is 25.0 Å². The molecule has 1 aromatic rings. The molecule has 10 heteroatoms. The van der Waals surface area contributed by atoms with Gasteiger partial charge in [-0.15, -0.1) is 11.6 Å². The first-order valence-electron chi connectivity index (χ1n) is 11.6. The minimum Gasteiger partial charge on any atom is -0.334 e. The summed E-state index contributed by atoms with van der Waals surface area (Å²) in [6.45, 7) is -0.843. The summed E-state index contributed by atoms with van der Waals surface area (Å²) in [7, 11) is 0. The van der Waals surface area contributed by atoms with Crippen molar-refractivity contribution >= 4 is 29.4 Å². The fraction of sp³-hybridized carbons (Fsp3) is 0.609. The number of amides is 4. The smallest absolute Gasteiger partial charge is 0.334 e. The number of hydrazine groups is 1. The molecule has 4 amide bonds. The van der Waals surface area contributed by atoms with Gasteiger partial charge < -0.3 is 15.1 Å². The van der Waals surface area contributed by atoms with Crippen LogP contribution in [-0.2, 0) is 16.1 Å². The van der Waals surface area contributed by atoms with Crippen molar-refractivity contribution < 1.29 is 18.8 Å². The average molecular weight is 480 g/mol. The maximum Gasteiger partial charge on any atom is 0.334 e. The number of nitrogens with one attached hydrogen (secondary N) is 1. The highest BCUT2D eigenvalue weighted by molar-refractivity contribution is 6.18. The summed E-state index contributed by atoms with van der Waals surface area (Å²) in [6.07, 6.45) is 4.53. The van der Waals surface area contributed by atoms with Gasteiger partial charge in [-0.2, -0.15) is 5.01 Å². The summed E-state index contributed by atoms with van der Waals surface area (Å²) in [6, 6.07) is 8.24. The van der Waals surface area contributed by atoms with Crippen LogP contribution in [0.1, 0.15) is 44.1 Å². The second-order valence-electron chi connectivity index (χ2n) is 8.83. The molecule has 2 atom stereocenters. The van der Waals surface area contributed by atoms with Crippen molar-refractivity contribution in [2.75, 3.05) is 25.8 Å². The molecule has 0 spiro atoms. The molecule has 3 fully saturated rings. The van der Waals surface area contributed by atoms with Crippen LogP contribution in [-0.4, -0.2) is 81.7 Å². The first kappa shape index (κ1) is 23.8. The normalized spacial score (nSPS) is 24.7. The fourth-order valence-corrected chi connectivity index (χ4v) is 5.42. The van der Waals surface area contributed by atoms with Gasteiger partial charge in [0.15, 0.2) is 6.80 Å². The summed E-state index contributed by atoms with van der Waals surface area (Å²) in [4.78, 5) is 43.0. The maximum absolute atomic E-state index is 14.0. The molecule has 2 aliphatic heterocycles. The van der Waals surface area contributed by atoms with E-state index in [0.717, 1.165) is 42.7 Å². The number of rotatable bonds is 6. The Balaban J connectivity index is 1.61. The number of carbonyl (C=O) groups is 3. The number of nitrogens with zero attached hydrogens (tertiary/aromatic N) is 4. The Morgan fingerprint density at radius 2 is 1.85 bits per heavy atom. The molecule has 1 aliphatic carbocycles. The predicted octanol–water partition coefficient (Wildman–Crippen LogP) is 2.68. The van der Waals surface area contributed by atoms with Crippen LogP contribution in [0.4, 0.5) is 9.18 Å². The van der Waals surface area contributed by atoms with Gasteiger partial charge in [-0.25, -0.2) is 14.2 Å². The molecule has 0 bridgehead atoms. The third-order valence-corrected chi connectivity index (χ3v) is 7.03. The minimum atomic E-state index is -0.980. The Hall–Kier alpha value is -2.39. The highest BCUT2D eigenvalue weighted by atomic mass is 35.5. The van der Waals surface area contributed by atoms with E-state index in [0.29, 0.717) is 6.42 Å². The lowest BCUT2D eigenvalue weighted by Gasteiger charge is -2.55. The van der Waals surface area contributed by atoms with E-state index >= 15 is 0 Å². The van der Waals surface area contributed by atoms with Crippen molar-refractivity contribution in [3.8, 4) is 0 Å². The molecule has 1 aromatic carbocycles. The van der Waals surface area contributed by atoms with Crippen LogP contribution in [0.3, 0.4) is 0 Å². The summed E-state index contributed by atoms with van der Waals surface area (Å²) in [5.41, 5.74) is 0.908. The Morgan fingerprint density at radius 1 is 1.12 bits per heavy atom. The highest BCUT2D eigenvalue weighted by Gasteiger charge is 2.52. The predicted molar refractivity (Wildman–Crippen MR) is 122 cm³/mol. The van der Waals surface area contributed by atoms with E-state index in [1.165, 1.54) is 9.91 Å². The van der Waals surface area contributed by atoms with Crippen LogP contribution in [0.2, 0.25) is 0 Å². The molecule has 1 N–H and O–H groups in total. The molecule has 0 unspecified atom stereocenters. The fourth-order valence-electron chi connectivity index (χ4n) is 5.22. The Labute approximate surface area is 198 Å². The van der Waals surface area contributed by atoms with Crippen LogP contribution < -0.4 is 5.32 Å². The van der Waals surface area contributed by atoms with E-state index in [9.17, 15) is 18.8 Å². The van der Waals surface area contributed by atoms with Gasteiger partial charge in [-0.05, 0) is 24.8 Å². The number of hydrogen-bond acceptors (Lipinski definition) is 4. The first-order chi connectivity index (χ1) is 16.0. The van der Waals surface area contributed by atoms with Gasteiger partial charge in [0.1, 0.15) is 18.8 Å². The average Bonchev–Trinajstić information content (AvgIpc) is 2.85. The number of carbonyl (C=O) groups excluding carboxylic acids is 3. The number of fused-ring (bicyclic) bond motifs is 1. The molecule has 1 saturated carbocycles. The number of halogens is 2. The van der Waals surface area contributed by atoms with E-state index in [1.54, 1.807) is 0 Å². The van der Waals surface area contributed by atoms with Crippen molar-refractivity contribution in [3.63, 3.8) is 0 Å². The number of alkyl halides is 2. The molecule has 180 valence electrons. The second-order valence-corrected chi connectivity index (χ2v) is 9.21. The van der Waals surface area contributed by atoms with Gasteiger partial charge in [-0.3, -0.25) is 9.59 Å². The molecule has 8 nitrogen and oxygen atoms in total. The zero-order valence-electron chi connectivity index (χ0n) is 18.7. The van der Waals surface area contributed by atoms with Gasteiger partial charge in [0.2, 0.25) is 11.8 Å². The lowest BCUT2D eigenvalue weighted by Crippen LogP contribution is -2.77. The molecule has 0 aromatic heterocycles. The molecule has 0 radical (unpaired) electrons. The largest absolute Gasteiger partial charge is 0.334 e. The van der Waals surface area contributed by atoms with Crippen LogP contribution in [0.5, 0.6) is 0 Å². The SMILES string of the molecule is O=C1[C@H](CCCl)N2C(=O)CN(CF)N(C(=O)NCc3ccccc3)[C@H]2CN1C1CCCCC1. The monoisotopic (exact) mass is 479 g/mol. The molecular formula is C23H31ClFN5O3. The van der Waals surface area contributed by atoms with Crippen LogP contribution in [0.15, 0.2) is 30.3 Å².